The first-order valence-corrected chi connectivity index (χ1v) is 13.6. The largest absolute Gasteiger partial charge is 0.442 e. The fourth-order valence-electron chi connectivity index (χ4n) is 7.36. The third-order valence-electron chi connectivity index (χ3n) is 9.24. The number of ether oxygens (including phenoxy) is 2. The molecule has 0 aromatic rings. The molecule has 4 N–H and O–H groups in total. The molecule has 2 heterocycles. The van der Waals surface area contributed by atoms with Crippen LogP contribution < -0.4 is 5.43 Å². The number of fused-ring (bicyclic) bond motifs is 3. The zero-order chi connectivity index (χ0) is 26.0. The number of nitrogens with one attached hydrogen (secondary N) is 1. The quantitative estimate of drug-likeness (QED) is 0.417. The second kappa shape index (κ2) is 8.70. The molecule has 9 nitrogen and oxygen atoms in total. The summed E-state index contributed by atoms with van der Waals surface area (Å²) >= 11 is 1.80. The minimum atomic E-state index is -2.22. The summed E-state index contributed by atoms with van der Waals surface area (Å²) in [5.41, 5.74) is -4.48. The minimum absolute atomic E-state index is 0.149. The van der Waals surface area contributed by atoms with Crippen molar-refractivity contribution in [1.82, 2.24) is 10.4 Å². The van der Waals surface area contributed by atoms with Crippen LogP contribution in [-0.4, -0.2) is 91.9 Å². The van der Waals surface area contributed by atoms with E-state index in [9.17, 15) is 24.9 Å². The number of rotatable bonds is 3. The second-order valence-electron chi connectivity index (χ2n) is 11.9. The van der Waals surface area contributed by atoms with E-state index >= 15 is 0 Å². The van der Waals surface area contributed by atoms with Crippen LogP contribution in [0.5, 0.6) is 0 Å². The van der Waals surface area contributed by atoms with Crippen molar-refractivity contribution in [3.05, 3.63) is 12.7 Å². The van der Waals surface area contributed by atoms with E-state index in [4.69, 9.17) is 9.47 Å². The molecule has 0 spiro atoms. The zero-order valence-corrected chi connectivity index (χ0v) is 22.2. The van der Waals surface area contributed by atoms with Crippen molar-refractivity contribution in [1.29, 1.82) is 0 Å². The molecular formula is C25H40N2O7S. The highest BCUT2D eigenvalue weighted by molar-refractivity contribution is 7.99. The first-order chi connectivity index (χ1) is 16.2. The molecule has 10 heteroatoms. The molecule has 2 saturated carbocycles. The topological polar surface area (TPSA) is 129 Å². The maximum atomic E-state index is 13.8. The Kier molecular flexibility index (Phi) is 6.68. The molecule has 4 aliphatic rings. The summed E-state index contributed by atoms with van der Waals surface area (Å²) in [7, 11) is 0. The predicted molar refractivity (Wildman–Crippen MR) is 132 cm³/mol. The van der Waals surface area contributed by atoms with Crippen molar-refractivity contribution >= 4 is 23.6 Å². The highest BCUT2D eigenvalue weighted by atomic mass is 32.2. The summed E-state index contributed by atoms with van der Waals surface area (Å²) in [5.74, 6) is 0.516. The summed E-state index contributed by atoms with van der Waals surface area (Å²) in [6.45, 7) is 13.9. The Morgan fingerprint density at radius 1 is 1.23 bits per heavy atom. The number of hydrogen-bond donors (Lipinski definition) is 4. The number of hydrogen-bond acceptors (Lipinski definition) is 9. The van der Waals surface area contributed by atoms with Crippen molar-refractivity contribution in [3.63, 3.8) is 0 Å². The molecular weight excluding hydrogens is 472 g/mol. The van der Waals surface area contributed by atoms with Crippen LogP contribution in [0, 0.1) is 16.7 Å². The fourth-order valence-corrected chi connectivity index (χ4v) is 8.26. The summed E-state index contributed by atoms with van der Waals surface area (Å²) < 4.78 is 12.3. The third-order valence-corrected chi connectivity index (χ3v) is 10.2. The average molecular weight is 513 g/mol. The normalized spacial score (nSPS) is 47.8. The number of amides is 1. The molecule has 2 aliphatic heterocycles. The van der Waals surface area contributed by atoms with Gasteiger partial charge >= 0.3 is 6.09 Å². The summed E-state index contributed by atoms with van der Waals surface area (Å²) in [6, 6.07) is 0. The number of nitrogens with zero attached hydrogens (tertiary/aromatic N) is 1. The van der Waals surface area contributed by atoms with E-state index in [1.165, 1.54) is 13.0 Å². The summed E-state index contributed by atoms with van der Waals surface area (Å²) in [4.78, 5) is 26.8. The van der Waals surface area contributed by atoms with E-state index in [0.29, 0.717) is 25.9 Å². The average Bonchev–Trinajstić information content (AvgIpc) is 2.78. The molecule has 35 heavy (non-hydrogen) atoms. The van der Waals surface area contributed by atoms with E-state index in [0.717, 1.165) is 11.5 Å². The lowest BCUT2D eigenvalue weighted by atomic mass is 9.40. The highest BCUT2D eigenvalue weighted by Gasteiger charge is 2.81. The van der Waals surface area contributed by atoms with E-state index in [2.05, 4.69) is 12.0 Å². The van der Waals surface area contributed by atoms with Crippen molar-refractivity contribution in [2.75, 3.05) is 24.6 Å². The Labute approximate surface area is 211 Å². The van der Waals surface area contributed by atoms with Crippen molar-refractivity contribution in [2.24, 2.45) is 16.7 Å². The Morgan fingerprint density at radius 2 is 1.86 bits per heavy atom. The van der Waals surface area contributed by atoms with Crippen molar-refractivity contribution in [2.45, 2.75) is 89.0 Å². The van der Waals surface area contributed by atoms with Gasteiger partial charge in [-0.2, -0.15) is 11.8 Å². The molecule has 0 aromatic heterocycles. The van der Waals surface area contributed by atoms with Crippen LogP contribution in [-0.2, 0) is 14.3 Å². The molecule has 2 saturated heterocycles. The third kappa shape index (κ3) is 3.78. The SMILES string of the molecule is C=C[C@@]1(C)CC(=O)[C@]2(O)[C@@]3(C)[C@@H](O)CCC(C)(C)[C@@H]3[C@H](OC(=O)NN3CCSCC3)[C@H](O)[C@@]2(C)O1. The van der Waals surface area contributed by atoms with Crippen molar-refractivity contribution < 1.29 is 34.4 Å². The lowest BCUT2D eigenvalue weighted by Crippen LogP contribution is -2.86. The fraction of sp³-hybridized carbons (Fsp3) is 0.840. The first kappa shape index (κ1) is 26.9. The zero-order valence-electron chi connectivity index (χ0n) is 21.4. The van der Waals surface area contributed by atoms with E-state index in [1.807, 2.05) is 13.8 Å². The molecule has 8 atom stereocenters. The van der Waals surface area contributed by atoms with E-state index < -0.39 is 63.7 Å². The Morgan fingerprint density at radius 3 is 2.46 bits per heavy atom. The van der Waals surface area contributed by atoms with Gasteiger partial charge in [-0.25, -0.2) is 9.80 Å². The molecule has 0 aromatic carbocycles. The van der Waals surface area contributed by atoms with Gasteiger partial charge in [0.25, 0.3) is 0 Å². The van der Waals surface area contributed by atoms with Gasteiger partial charge < -0.3 is 24.8 Å². The molecule has 2 aliphatic carbocycles. The standard InChI is InChI=1S/C25H40N2O7S/c1-7-22(4)14-16(29)25(32)23(5)15(28)8-9-21(2,3)18(23)17(19(30)24(25,6)34-22)33-20(31)26-27-10-12-35-13-11-27/h7,15,17-19,28,30,32H,1,8-14H2,2-6H3,(H,26,31)/t15-,17-,18-,19-,22-,23-,24+,25-/m0/s1. The maximum Gasteiger partial charge on any atom is 0.422 e. The van der Waals surface area contributed by atoms with Crippen LogP contribution in [0.1, 0.15) is 53.9 Å². The van der Waals surface area contributed by atoms with Gasteiger partial charge in [0.1, 0.15) is 17.8 Å². The minimum Gasteiger partial charge on any atom is -0.442 e. The van der Waals surface area contributed by atoms with Gasteiger partial charge in [-0.3, -0.25) is 10.2 Å². The van der Waals surface area contributed by atoms with Crippen LogP contribution >= 0.6 is 11.8 Å². The van der Waals surface area contributed by atoms with Crippen LogP contribution in [0.3, 0.4) is 0 Å². The Balaban J connectivity index is 1.80. The monoisotopic (exact) mass is 512 g/mol. The maximum absolute atomic E-state index is 13.8. The lowest BCUT2D eigenvalue weighted by molar-refractivity contribution is -0.369. The van der Waals surface area contributed by atoms with Gasteiger partial charge in [-0.05, 0) is 32.1 Å². The van der Waals surface area contributed by atoms with E-state index in [1.54, 1.807) is 30.6 Å². The number of ketones is 1. The number of carbonyl (C=O) groups excluding carboxylic acids is 2. The van der Waals surface area contributed by atoms with Crippen LogP contribution in [0.2, 0.25) is 0 Å². The molecule has 0 bridgehead atoms. The summed E-state index contributed by atoms with van der Waals surface area (Å²) in [6.07, 6.45) is -2.23. The van der Waals surface area contributed by atoms with Gasteiger partial charge in [0.2, 0.25) is 0 Å². The van der Waals surface area contributed by atoms with Crippen LogP contribution in [0.4, 0.5) is 4.79 Å². The number of hydrazine groups is 1. The lowest BCUT2D eigenvalue weighted by Gasteiger charge is -2.71. The van der Waals surface area contributed by atoms with E-state index in [-0.39, 0.29) is 6.42 Å². The molecule has 1 amide bonds. The van der Waals surface area contributed by atoms with Gasteiger partial charge in [-0.1, -0.05) is 26.8 Å². The highest BCUT2D eigenvalue weighted by Crippen LogP contribution is 2.67. The van der Waals surface area contributed by atoms with Crippen molar-refractivity contribution in [3.8, 4) is 0 Å². The van der Waals surface area contributed by atoms with Crippen LogP contribution in [0.15, 0.2) is 12.7 Å². The number of Topliss-reactive ketones (excluding diaryl/α,β-unsaturated/α-hetero) is 1. The number of thioether (sulfide) groups is 1. The smallest absolute Gasteiger partial charge is 0.422 e. The predicted octanol–water partition coefficient (Wildman–Crippen LogP) is 1.65. The number of carbonyl (C=O) groups is 2. The van der Waals surface area contributed by atoms with Gasteiger partial charge in [0.05, 0.1) is 11.7 Å². The van der Waals surface area contributed by atoms with Gasteiger partial charge in [-0.15, -0.1) is 6.58 Å². The molecule has 0 radical (unpaired) electrons. The van der Waals surface area contributed by atoms with Crippen LogP contribution in [0.25, 0.3) is 0 Å². The first-order valence-electron chi connectivity index (χ1n) is 12.4. The molecule has 4 rings (SSSR count). The molecule has 0 unspecified atom stereocenters. The molecule has 4 fully saturated rings. The Hall–Kier alpha value is -1.17. The number of aliphatic hydroxyl groups is 3. The second-order valence-corrected chi connectivity index (χ2v) is 13.1. The van der Waals surface area contributed by atoms with Gasteiger partial charge in [0, 0.05) is 42.3 Å². The molecule has 198 valence electrons. The summed E-state index contributed by atoms with van der Waals surface area (Å²) in [5, 5.41) is 37.2. The Bertz CT molecular complexity index is 895. The number of aliphatic hydroxyl groups excluding tert-OH is 2. The van der Waals surface area contributed by atoms with Gasteiger partial charge in [0.15, 0.2) is 11.4 Å².